The predicted octanol–water partition coefficient (Wildman–Crippen LogP) is 2.29. The Morgan fingerprint density at radius 3 is 2.53 bits per heavy atom. The quantitative estimate of drug-likeness (QED) is 0.606. The van der Waals surface area contributed by atoms with Crippen molar-refractivity contribution in [3.05, 3.63) is 52.1 Å². The van der Waals surface area contributed by atoms with Crippen LogP contribution in [0.4, 0.5) is 0 Å². The van der Waals surface area contributed by atoms with Crippen LogP contribution in [0, 0.1) is 6.92 Å². The highest BCUT2D eigenvalue weighted by molar-refractivity contribution is 7.11. The number of hydrogen-bond donors (Lipinski definition) is 0. The highest BCUT2D eigenvalue weighted by Gasteiger charge is 2.37. The lowest BCUT2D eigenvalue weighted by Gasteiger charge is -2.48. The number of piperazine rings is 1. The van der Waals surface area contributed by atoms with Gasteiger partial charge in [0.1, 0.15) is 5.75 Å². The number of aromatic nitrogens is 2. The molecule has 2 aliphatic heterocycles. The van der Waals surface area contributed by atoms with Crippen molar-refractivity contribution >= 4 is 34.1 Å². The number of amides is 2. The molecule has 8 nitrogen and oxygen atoms in total. The average molecular weight is 452 g/mol. The third-order valence-electron chi connectivity index (χ3n) is 6.33. The maximum Gasteiger partial charge on any atom is 0.282 e. The minimum absolute atomic E-state index is 0.0157. The van der Waals surface area contributed by atoms with E-state index in [-0.39, 0.29) is 11.8 Å². The molecule has 0 aliphatic carbocycles. The Kier molecular flexibility index (Phi) is 5.52. The largest absolute Gasteiger partial charge is 0.497 e. The van der Waals surface area contributed by atoms with Crippen LogP contribution in [0.5, 0.6) is 5.75 Å². The predicted molar refractivity (Wildman–Crippen MR) is 122 cm³/mol. The normalized spacial score (nSPS) is 17.4. The number of fused-ring (bicyclic) bond motifs is 1. The first-order valence-electron chi connectivity index (χ1n) is 10.7. The molecular formula is C23H25N5O3S. The van der Waals surface area contributed by atoms with E-state index in [2.05, 4.69) is 14.9 Å². The van der Waals surface area contributed by atoms with Crippen LogP contribution < -0.4 is 4.74 Å². The van der Waals surface area contributed by atoms with Gasteiger partial charge in [0.15, 0.2) is 5.01 Å². The maximum absolute atomic E-state index is 13.1. The molecule has 2 amide bonds. The number of carbonyl (C=O) groups is 2. The maximum atomic E-state index is 13.1. The summed E-state index contributed by atoms with van der Waals surface area (Å²) in [6.45, 7) is 6.32. The van der Waals surface area contributed by atoms with Crippen LogP contribution >= 0.6 is 11.3 Å². The van der Waals surface area contributed by atoms with Crippen molar-refractivity contribution in [1.29, 1.82) is 0 Å². The highest BCUT2D eigenvalue weighted by Crippen LogP contribution is 2.25. The van der Waals surface area contributed by atoms with E-state index < -0.39 is 0 Å². The number of rotatable bonds is 4. The van der Waals surface area contributed by atoms with Crippen LogP contribution in [0.1, 0.15) is 25.9 Å². The first-order valence-corrected chi connectivity index (χ1v) is 11.6. The van der Waals surface area contributed by atoms with Gasteiger partial charge in [0.2, 0.25) is 0 Å². The summed E-state index contributed by atoms with van der Waals surface area (Å²) in [6, 6.07) is 7.97. The number of benzene rings is 1. The minimum atomic E-state index is 0.0157. The van der Waals surface area contributed by atoms with E-state index in [0.29, 0.717) is 42.8 Å². The molecule has 2 aliphatic rings. The number of pyridine rings is 1. The van der Waals surface area contributed by atoms with E-state index in [1.54, 1.807) is 13.3 Å². The molecule has 0 bridgehead atoms. The number of methoxy groups -OCH3 is 1. The minimum Gasteiger partial charge on any atom is -0.497 e. The third kappa shape index (κ3) is 3.82. The fourth-order valence-corrected chi connectivity index (χ4v) is 4.97. The van der Waals surface area contributed by atoms with Gasteiger partial charge in [0.05, 0.1) is 23.9 Å². The molecule has 32 heavy (non-hydrogen) atoms. The molecule has 0 saturated carbocycles. The van der Waals surface area contributed by atoms with Gasteiger partial charge in [-0.3, -0.25) is 19.5 Å². The lowest BCUT2D eigenvalue weighted by atomic mass is 10.0. The molecule has 0 atom stereocenters. The Bertz CT molecular complexity index is 1150. The Balaban J connectivity index is 1.18. The number of aryl methyl sites for hydroxylation is 1. The summed E-state index contributed by atoms with van der Waals surface area (Å²) in [5.74, 6) is 0.797. The van der Waals surface area contributed by atoms with Crippen molar-refractivity contribution in [2.45, 2.75) is 13.0 Å². The van der Waals surface area contributed by atoms with E-state index >= 15 is 0 Å². The number of thiazole rings is 1. The molecule has 3 aromatic rings. The van der Waals surface area contributed by atoms with Crippen molar-refractivity contribution < 1.29 is 14.3 Å². The average Bonchev–Trinajstić information content (AvgIpc) is 3.32. The van der Waals surface area contributed by atoms with Gasteiger partial charge in [0, 0.05) is 68.3 Å². The van der Waals surface area contributed by atoms with Crippen molar-refractivity contribution in [2.24, 2.45) is 0 Å². The van der Waals surface area contributed by atoms with E-state index in [0.717, 1.165) is 35.4 Å². The molecule has 5 rings (SSSR count). The second kappa shape index (κ2) is 8.48. The number of hydrogen-bond acceptors (Lipinski definition) is 7. The summed E-state index contributed by atoms with van der Waals surface area (Å²) in [6.07, 6.45) is 1.66. The topological polar surface area (TPSA) is 78.9 Å². The highest BCUT2D eigenvalue weighted by atomic mass is 32.1. The standard InChI is InChI=1S/C23H25N5O3S/c1-15-19(11-16-3-4-18(31-2)12-20(16)25-15)22(29)28-13-17(14-28)26-6-8-27(9-7-26)23(30)21-24-5-10-32-21/h3-5,10-12,17H,6-9,13-14H2,1-2H3. The number of likely N-dealkylation sites (tertiary alicyclic amines) is 1. The summed E-state index contributed by atoms with van der Waals surface area (Å²) < 4.78 is 5.27. The molecule has 2 saturated heterocycles. The molecule has 2 aromatic heterocycles. The molecule has 166 valence electrons. The zero-order valence-electron chi connectivity index (χ0n) is 18.2. The number of carbonyl (C=O) groups excluding carboxylic acids is 2. The van der Waals surface area contributed by atoms with Crippen LogP contribution in [-0.2, 0) is 0 Å². The number of ether oxygens (including phenoxy) is 1. The Morgan fingerprint density at radius 2 is 1.84 bits per heavy atom. The SMILES string of the molecule is COc1ccc2cc(C(=O)N3CC(N4CCN(C(=O)c5nccs5)CC4)C3)c(C)nc2c1. The molecule has 0 spiro atoms. The molecule has 1 aromatic carbocycles. The van der Waals surface area contributed by atoms with Gasteiger partial charge in [0.25, 0.3) is 11.8 Å². The third-order valence-corrected chi connectivity index (χ3v) is 7.09. The van der Waals surface area contributed by atoms with Crippen LogP contribution in [0.15, 0.2) is 35.8 Å². The molecule has 2 fully saturated rings. The first kappa shape index (κ1) is 20.8. The lowest BCUT2D eigenvalue weighted by molar-refractivity contribution is 0.00848. The Labute approximate surface area is 190 Å². The van der Waals surface area contributed by atoms with Crippen LogP contribution in [0.2, 0.25) is 0 Å². The van der Waals surface area contributed by atoms with Crippen LogP contribution in [0.25, 0.3) is 10.9 Å². The summed E-state index contributed by atoms with van der Waals surface area (Å²) in [5, 5.41) is 3.31. The smallest absolute Gasteiger partial charge is 0.282 e. The van der Waals surface area contributed by atoms with Crippen molar-refractivity contribution in [1.82, 2.24) is 24.7 Å². The van der Waals surface area contributed by atoms with Gasteiger partial charge < -0.3 is 14.5 Å². The molecule has 4 heterocycles. The fourth-order valence-electron chi connectivity index (χ4n) is 4.36. The van der Waals surface area contributed by atoms with Gasteiger partial charge in [-0.15, -0.1) is 11.3 Å². The van der Waals surface area contributed by atoms with E-state index in [4.69, 9.17) is 4.74 Å². The second-order valence-electron chi connectivity index (χ2n) is 8.21. The summed E-state index contributed by atoms with van der Waals surface area (Å²) in [7, 11) is 1.63. The summed E-state index contributed by atoms with van der Waals surface area (Å²) in [4.78, 5) is 40.5. The zero-order chi connectivity index (χ0) is 22.2. The monoisotopic (exact) mass is 451 g/mol. The van der Waals surface area contributed by atoms with Crippen molar-refractivity contribution in [3.63, 3.8) is 0 Å². The Hall–Kier alpha value is -3.04. The van der Waals surface area contributed by atoms with E-state index in [1.165, 1.54) is 11.3 Å². The van der Waals surface area contributed by atoms with E-state index in [1.807, 2.05) is 46.4 Å². The molecule has 0 radical (unpaired) electrons. The lowest BCUT2D eigenvalue weighted by Crippen LogP contribution is -2.64. The molecule has 0 unspecified atom stereocenters. The molecular weight excluding hydrogens is 426 g/mol. The van der Waals surface area contributed by atoms with E-state index in [9.17, 15) is 9.59 Å². The fraction of sp³-hybridized carbons (Fsp3) is 0.391. The first-order chi connectivity index (χ1) is 15.5. The van der Waals surface area contributed by atoms with Gasteiger partial charge >= 0.3 is 0 Å². The zero-order valence-corrected chi connectivity index (χ0v) is 19.0. The van der Waals surface area contributed by atoms with Crippen molar-refractivity contribution in [3.8, 4) is 5.75 Å². The van der Waals surface area contributed by atoms with Crippen LogP contribution in [0.3, 0.4) is 0 Å². The van der Waals surface area contributed by atoms with Crippen molar-refractivity contribution in [2.75, 3.05) is 46.4 Å². The van der Waals surface area contributed by atoms with Gasteiger partial charge in [-0.25, -0.2) is 4.98 Å². The second-order valence-corrected chi connectivity index (χ2v) is 9.10. The van der Waals surface area contributed by atoms with Gasteiger partial charge in [-0.2, -0.15) is 0 Å². The molecule has 9 heteroatoms. The summed E-state index contributed by atoms with van der Waals surface area (Å²) >= 11 is 1.38. The summed E-state index contributed by atoms with van der Waals surface area (Å²) in [5.41, 5.74) is 2.21. The van der Waals surface area contributed by atoms with Crippen LogP contribution in [-0.4, -0.2) is 88.9 Å². The Morgan fingerprint density at radius 1 is 1.06 bits per heavy atom. The number of nitrogens with zero attached hydrogens (tertiary/aromatic N) is 5. The van der Waals surface area contributed by atoms with Gasteiger partial charge in [-0.05, 0) is 25.1 Å². The molecule has 0 N–H and O–H groups in total. The van der Waals surface area contributed by atoms with Gasteiger partial charge in [-0.1, -0.05) is 0 Å².